The lowest BCUT2D eigenvalue weighted by atomic mass is 10.1. The Morgan fingerprint density at radius 1 is 1.06 bits per heavy atom. The molecule has 0 spiro atoms. The first kappa shape index (κ1) is 22.5. The van der Waals surface area contributed by atoms with Crippen LogP contribution in [0.1, 0.15) is 22.4 Å². The SMILES string of the molecule is COc1ccc(/C=C/C(=O)N(Cc2ccccn2)c2nc3c(C)c(C)ccc3s2)cc1OC. The molecular formula is C26H25N3O3S. The zero-order chi connectivity index (χ0) is 23.4. The first-order valence-electron chi connectivity index (χ1n) is 10.5. The fraction of sp³-hybridized carbons (Fsp3) is 0.192. The Kier molecular flexibility index (Phi) is 6.70. The van der Waals surface area contributed by atoms with Crippen LogP contribution in [0.25, 0.3) is 16.3 Å². The van der Waals surface area contributed by atoms with Gasteiger partial charge in [0.25, 0.3) is 5.91 Å². The van der Waals surface area contributed by atoms with Crippen LogP contribution in [0.3, 0.4) is 0 Å². The molecule has 0 saturated heterocycles. The molecule has 2 heterocycles. The fourth-order valence-electron chi connectivity index (χ4n) is 3.44. The van der Waals surface area contributed by atoms with E-state index in [2.05, 4.69) is 31.0 Å². The maximum Gasteiger partial charge on any atom is 0.253 e. The van der Waals surface area contributed by atoms with Crippen LogP contribution in [0.15, 0.2) is 60.8 Å². The van der Waals surface area contributed by atoms with Crippen LogP contribution < -0.4 is 14.4 Å². The number of anilines is 1. The molecule has 4 aromatic rings. The monoisotopic (exact) mass is 459 g/mol. The number of hydrogen-bond donors (Lipinski definition) is 0. The molecule has 33 heavy (non-hydrogen) atoms. The number of carbonyl (C=O) groups is 1. The summed E-state index contributed by atoms with van der Waals surface area (Å²) < 4.78 is 11.7. The minimum Gasteiger partial charge on any atom is -0.493 e. The Morgan fingerprint density at radius 3 is 2.61 bits per heavy atom. The molecule has 0 atom stereocenters. The molecule has 0 N–H and O–H groups in total. The lowest BCUT2D eigenvalue weighted by molar-refractivity contribution is -0.114. The number of amides is 1. The Hall–Kier alpha value is -3.71. The van der Waals surface area contributed by atoms with Crippen molar-refractivity contribution < 1.29 is 14.3 Å². The van der Waals surface area contributed by atoms with Crippen molar-refractivity contribution in [1.82, 2.24) is 9.97 Å². The molecule has 168 valence electrons. The number of thiazole rings is 1. The number of aromatic nitrogens is 2. The maximum atomic E-state index is 13.3. The second-order valence-electron chi connectivity index (χ2n) is 7.54. The number of ether oxygens (including phenoxy) is 2. The number of methoxy groups -OCH3 is 2. The lowest BCUT2D eigenvalue weighted by Crippen LogP contribution is -2.29. The topological polar surface area (TPSA) is 64.5 Å². The van der Waals surface area contributed by atoms with Crippen molar-refractivity contribution in [3.05, 3.63) is 83.2 Å². The van der Waals surface area contributed by atoms with Gasteiger partial charge in [0.1, 0.15) is 0 Å². The van der Waals surface area contributed by atoms with Gasteiger partial charge in [-0.2, -0.15) is 0 Å². The molecule has 0 aliphatic carbocycles. The Morgan fingerprint density at radius 2 is 1.88 bits per heavy atom. The molecular weight excluding hydrogens is 434 g/mol. The summed E-state index contributed by atoms with van der Waals surface area (Å²) >= 11 is 1.50. The van der Waals surface area contributed by atoms with E-state index in [9.17, 15) is 4.79 Å². The van der Waals surface area contributed by atoms with Crippen LogP contribution in [-0.4, -0.2) is 30.1 Å². The van der Waals surface area contributed by atoms with E-state index in [0.29, 0.717) is 23.2 Å². The highest BCUT2D eigenvalue weighted by Crippen LogP contribution is 2.33. The van der Waals surface area contributed by atoms with Crippen LogP contribution in [-0.2, 0) is 11.3 Å². The highest BCUT2D eigenvalue weighted by atomic mass is 32.1. The van der Waals surface area contributed by atoms with Crippen molar-refractivity contribution in [1.29, 1.82) is 0 Å². The molecule has 0 saturated carbocycles. The lowest BCUT2D eigenvalue weighted by Gasteiger charge is -2.17. The molecule has 0 aliphatic heterocycles. The molecule has 2 aromatic heterocycles. The molecule has 1 amide bonds. The average Bonchev–Trinajstić information content (AvgIpc) is 3.28. The Bertz CT molecular complexity index is 1320. The van der Waals surface area contributed by atoms with Gasteiger partial charge in [-0.05, 0) is 66.9 Å². The standard InChI is InChI=1S/C26H25N3O3S/c1-17-8-12-23-25(18(17)2)28-26(33-23)29(16-20-7-5-6-14-27-20)24(30)13-10-19-9-11-21(31-3)22(15-19)32-4/h5-15H,16H2,1-4H3/b13-10+. The molecule has 0 unspecified atom stereocenters. The summed E-state index contributed by atoms with van der Waals surface area (Å²) in [7, 11) is 3.18. The van der Waals surface area contributed by atoms with Crippen LogP contribution in [0.5, 0.6) is 11.5 Å². The van der Waals surface area contributed by atoms with Gasteiger partial charge in [0, 0.05) is 12.3 Å². The molecule has 2 aromatic carbocycles. The first-order valence-corrected chi connectivity index (χ1v) is 11.3. The minimum absolute atomic E-state index is 0.177. The van der Waals surface area contributed by atoms with E-state index in [1.54, 1.807) is 37.5 Å². The van der Waals surface area contributed by atoms with E-state index in [-0.39, 0.29) is 5.91 Å². The van der Waals surface area contributed by atoms with Crippen molar-refractivity contribution in [2.24, 2.45) is 0 Å². The van der Waals surface area contributed by atoms with E-state index in [0.717, 1.165) is 27.0 Å². The van der Waals surface area contributed by atoms with Gasteiger partial charge in [-0.3, -0.25) is 14.7 Å². The Labute approximate surface area is 197 Å². The zero-order valence-corrected chi connectivity index (χ0v) is 19.8. The summed E-state index contributed by atoms with van der Waals surface area (Å²) in [5.41, 5.74) is 4.85. The number of hydrogen-bond acceptors (Lipinski definition) is 6. The fourth-order valence-corrected chi connectivity index (χ4v) is 4.47. The van der Waals surface area contributed by atoms with Crippen molar-refractivity contribution in [3.63, 3.8) is 0 Å². The molecule has 7 heteroatoms. The first-order chi connectivity index (χ1) is 16.0. The van der Waals surface area contributed by atoms with Gasteiger partial charge in [0.05, 0.1) is 36.7 Å². The third kappa shape index (κ3) is 4.88. The van der Waals surface area contributed by atoms with Crippen molar-refractivity contribution in [3.8, 4) is 11.5 Å². The van der Waals surface area contributed by atoms with Crippen LogP contribution >= 0.6 is 11.3 Å². The van der Waals surface area contributed by atoms with E-state index >= 15 is 0 Å². The summed E-state index contributed by atoms with van der Waals surface area (Å²) in [5, 5.41) is 0.645. The van der Waals surface area contributed by atoms with E-state index in [1.807, 2.05) is 36.4 Å². The third-order valence-corrected chi connectivity index (χ3v) is 6.49. The number of fused-ring (bicyclic) bond motifs is 1. The van der Waals surface area contributed by atoms with Gasteiger partial charge in [-0.1, -0.05) is 29.5 Å². The minimum atomic E-state index is -0.177. The molecule has 6 nitrogen and oxygen atoms in total. The van der Waals surface area contributed by atoms with Crippen molar-refractivity contribution in [2.75, 3.05) is 19.1 Å². The van der Waals surface area contributed by atoms with Gasteiger partial charge < -0.3 is 9.47 Å². The summed E-state index contributed by atoms with van der Waals surface area (Å²) in [4.78, 5) is 24.2. The largest absolute Gasteiger partial charge is 0.493 e. The predicted molar refractivity (Wildman–Crippen MR) is 133 cm³/mol. The summed E-state index contributed by atoms with van der Waals surface area (Å²) in [6, 6.07) is 15.3. The number of benzene rings is 2. The molecule has 0 fully saturated rings. The highest BCUT2D eigenvalue weighted by molar-refractivity contribution is 7.22. The summed E-state index contributed by atoms with van der Waals surface area (Å²) in [5.74, 6) is 1.07. The number of carbonyl (C=O) groups excluding carboxylic acids is 1. The Balaban J connectivity index is 1.68. The quantitative estimate of drug-likeness (QED) is 0.338. The van der Waals surface area contributed by atoms with E-state index in [4.69, 9.17) is 14.5 Å². The van der Waals surface area contributed by atoms with Gasteiger partial charge >= 0.3 is 0 Å². The maximum absolute atomic E-state index is 13.3. The van der Waals surface area contributed by atoms with Crippen LogP contribution in [0, 0.1) is 13.8 Å². The zero-order valence-electron chi connectivity index (χ0n) is 19.0. The van der Waals surface area contributed by atoms with Crippen LogP contribution in [0.2, 0.25) is 0 Å². The van der Waals surface area contributed by atoms with Gasteiger partial charge in [-0.15, -0.1) is 0 Å². The second-order valence-corrected chi connectivity index (χ2v) is 8.55. The number of rotatable bonds is 7. The number of aryl methyl sites for hydroxylation is 2. The summed E-state index contributed by atoms with van der Waals surface area (Å²) in [6.45, 7) is 4.45. The smallest absolute Gasteiger partial charge is 0.253 e. The predicted octanol–water partition coefficient (Wildman–Crippen LogP) is 5.57. The number of pyridine rings is 1. The average molecular weight is 460 g/mol. The molecule has 0 bridgehead atoms. The van der Waals surface area contributed by atoms with Crippen molar-refractivity contribution >= 4 is 38.7 Å². The normalized spacial score (nSPS) is 11.2. The van der Waals surface area contributed by atoms with Gasteiger partial charge in [0.15, 0.2) is 16.6 Å². The molecule has 0 radical (unpaired) electrons. The number of nitrogens with zero attached hydrogens (tertiary/aromatic N) is 3. The molecule has 0 aliphatic rings. The van der Waals surface area contributed by atoms with Gasteiger partial charge in [0.2, 0.25) is 0 Å². The van der Waals surface area contributed by atoms with Crippen LogP contribution in [0.4, 0.5) is 5.13 Å². The van der Waals surface area contributed by atoms with E-state index in [1.165, 1.54) is 16.9 Å². The third-order valence-electron chi connectivity index (χ3n) is 5.44. The highest BCUT2D eigenvalue weighted by Gasteiger charge is 2.20. The van der Waals surface area contributed by atoms with Gasteiger partial charge in [-0.25, -0.2) is 4.98 Å². The van der Waals surface area contributed by atoms with E-state index < -0.39 is 0 Å². The summed E-state index contributed by atoms with van der Waals surface area (Å²) in [6.07, 6.45) is 5.04. The molecule has 4 rings (SSSR count). The van der Waals surface area contributed by atoms with Crippen molar-refractivity contribution in [2.45, 2.75) is 20.4 Å². The second kappa shape index (κ2) is 9.83.